The minimum atomic E-state index is -4.60. The lowest BCUT2D eigenvalue weighted by atomic mass is 10.0. The van der Waals surface area contributed by atoms with Crippen molar-refractivity contribution in [3.05, 3.63) is 24.3 Å². The molecule has 3 N–H and O–H groups in total. The summed E-state index contributed by atoms with van der Waals surface area (Å²) in [5.41, 5.74) is 0. The lowest BCUT2D eigenvalue weighted by molar-refractivity contribution is -0.161. The molecule has 11 heteroatoms. The number of aliphatic hydroxyl groups is 2. The standard InChI is InChI=1S/C41H77O10P/c1-3-5-7-9-11-12-13-14-15-16-17-18-19-20-21-22-23-24-25-26-27-29-31-33-41(45)51-39(37-50-52(46,47)49-35-38(43)34-42)36-48-40(44)32-30-28-10-8-6-4-2/h13-14,16-17,38-39,42-43H,3-12,15,18-37H2,1-2H3,(H,46,47)/b14-13-,17-16-. The van der Waals surface area contributed by atoms with Crippen LogP contribution in [0.25, 0.3) is 0 Å². The second kappa shape index (κ2) is 37.8. The van der Waals surface area contributed by atoms with Gasteiger partial charge in [-0.25, -0.2) is 4.57 Å². The van der Waals surface area contributed by atoms with Gasteiger partial charge in [0, 0.05) is 12.8 Å². The number of unbranched alkanes of at least 4 members (excludes halogenated alkanes) is 21. The fraction of sp³-hybridized carbons (Fsp3) is 0.854. The molecule has 10 nitrogen and oxygen atoms in total. The molecule has 0 heterocycles. The average molecular weight is 761 g/mol. The Morgan fingerprint density at radius 3 is 1.48 bits per heavy atom. The summed E-state index contributed by atoms with van der Waals surface area (Å²) in [6.45, 7) is 2.29. The summed E-state index contributed by atoms with van der Waals surface area (Å²) in [6.07, 6.45) is 36.2. The minimum Gasteiger partial charge on any atom is -0.462 e. The zero-order valence-corrected chi connectivity index (χ0v) is 33.9. The first-order valence-electron chi connectivity index (χ1n) is 20.8. The van der Waals surface area contributed by atoms with Crippen molar-refractivity contribution in [3.8, 4) is 0 Å². The van der Waals surface area contributed by atoms with E-state index in [-0.39, 0.29) is 19.4 Å². The van der Waals surface area contributed by atoms with Gasteiger partial charge in [-0.05, 0) is 44.9 Å². The summed E-state index contributed by atoms with van der Waals surface area (Å²) in [6, 6.07) is 0. The first kappa shape index (κ1) is 50.5. The van der Waals surface area contributed by atoms with Crippen molar-refractivity contribution in [2.75, 3.05) is 26.4 Å². The van der Waals surface area contributed by atoms with Crippen molar-refractivity contribution in [2.24, 2.45) is 0 Å². The molecule has 0 aliphatic heterocycles. The zero-order valence-electron chi connectivity index (χ0n) is 33.0. The van der Waals surface area contributed by atoms with Gasteiger partial charge >= 0.3 is 19.8 Å². The van der Waals surface area contributed by atoms with E-state index >= 15 is 0 Å². The fourth-order valence-corrected chi connectivity index (χ4v) is 6.40. The van der Waals surface area contributed by atoms with Crippen LogP contribution in [-0.4, -0.2) is 65.7 Å². The van der Waals surface area contributed by atoms with Crippen LogP contribution in [0.15, 0.2) is 24.3 Å². The smallest absolute Gasteiger partial charge is 0.462 e. The number of ether oxygens (including phenoxy) is 2. The number of hydrogen-bond donors (Lipinski definition) is 3. The third-order valence-corrected chi connectivity index (χ3v) is 9.81. The Bertz CT molecular complexity index is 925. The minimum absolute atomic E-state index is 0.184. The number of carbonyl (C=O) groups is 2. The van der Waals surface area contributed by atoms with Crippen LogP contribution in [0.5, 0.6) is 0 Å². The van der Waals surface area contributed by atoms with E-state index in [0.29, 0.717) is 12.8 Å². The number of aliphatic hydroxyl groups excluding tert-OH is 2. The van der Waals surface area contributed by atoms with E-state index < -0.39 is 51.8 Å². The molecule has 52 heavy (non-hydrogen) atoms. The second-order valence-corrected chi connectivity index (χ2v) is 15.5. The summed E-state index contributed by atoms with van der Waals surface area (Å²) < 4.78 is 32.5. The van der Waals surface area contributed by atoms with E-state index in [0.717, 1.165) is 51.4 Å². The first-order chi connectivity index (χ1) is 25.2. The molecular formula is C41H77O10P. The molecule has 0 bridgehead atoms. The average Bonchev–Trinajstić information content (AvgIpc) is 3.13. The largest absolute Gasteiger partial charge is 0.472 e. The molecule has 0 aromatic rings. The molecule has 0 saturated heterocycles. The van der Waals surface area contributed by atoms with Crippen LogP contribution in [-0.2, 0) is 32.7 Å². The van der Waals surface area contributed by atoms with E-state index in [4.69, 9.17) is 19.1 Å². The van der Waals surface area contributed by atoms with Crippen LogP contribution < -0.4 is 0 Å². The van der Waals surface area contributed by atoms with Crippen LogP contribution in [0.2, 0.25) is 0 Å². The Kier molecular flexibility index (Phi) is 36.6. The van der Waals surface area contributed by atoms with E-state index in [1.807, 2.05) is 0 Å². The summed E-state index contributed by atoms with van der Waals surface area (Å²) >= 11 is 0. The van der Waals surface area contributed by atoms with Crippen LogP contribution in [0.3, 0.4) is 0 Å². The number of allylic oxidation sites excluding steroid dienone is 4. The molecule has 0 amide bonds. The predicted octanol–water partition coefficient (Wildman–Crippen LogP) is 10.6. The van der Waals surface area contributed by atoms with Crippen LogP contribution >= 0.6 is 7.82 Å². The Labute approximate surface area is 317 Å². The van der Waals surface area contributed by atoms with Crippen LogP contribution in [0, 0.1) is 0 Å². The van der Waals surface area contributed by atoms with Gasteiger partial charge in [0.15, 0.2) is 6.10 Å². The number of carbonyl (C=O) groups excluding carboxylic acids is 2. The maximum absolute atomic E-state index is 12.5. The fourth-order valence-electron chi connectivity index (χ4n) is 5.61. The Morgan fingerprint density at radius 1 is 0.577 bits per heavy atom. The summed E-state index contributed by atoms with van der Waals surface area (Å²) in [7, 11) is -4.60. The highest BCUT2D eigenvalue weighted by molar-refractivity contribution is 7.47. The molecule has 3 atom stereocenters. The lowest BCUT2D eigenvalue weighted by Crippen LogP contribution is -2.29. The maximum Gasteiger partial charge on any atom is 0.472 e. The van der Waals surface area contributed by atoms with Crippen molar-refractivity contribution in [1.82, 2.24) is 0 Å². The number of rotatable bonds is 39. The monoisotopic (exact) mass is 761 g/mol. The lowest BCUT2D eigenvalue weighted by Gasteiger charge is -2.20. The van der Waals surface area contributed by atoms with Gasteiger partial charge in [0.1, 0.15) is 12.7 Å². The first-order valence-corrected chi connectivity index (χ1v) is 22.3. The molecule has 0 spiro atoms. The van der Waals surface area contributed by atoms with Gasteiger partial charge in [0.2, 0.25) is 0 Å². The normalized spacial score (nSPS) is 14.2. The third kappa shape index (κ3) is 36.8. The molecule has 0 radical (unpaired) electrons. The molecule has 0 aromatic carbocycles. The predicted molar refractivity (Wildman–Crippen MR) is 210 cm³/mol. The third-order valence-electron chi connectivity index (χ3n) is 8.86. The molecular weight excluding hydrogens is 683 g/mol. The van der Waals surface area contributed by atoms with E-state index in [1.54, 1.807) is 0 Å². The van der Waals surface area contributed by atoms with Crippen molar-refractivity contribution in [1.29, 1.82) is 0 Å². The van der Waals surface area contributed by atoms with Gasteiger partial charge < -0.3 is 24.6 Å². The molecule has 3 unspecified atom stereocenters. The van der Waals surface area contributed by atoms with Crippen molar-refractivity contribution in [2.45, 2.75) is 199 Å². The van der Waals surface area contributed by atoms with Gasteiger partial charge in [-0.3, -0.25) is 18.6 Å². The summed E-state index contributed by atoms with van der Waals surface area (Å²) in [5, 5.41) is 18.2. The highest BCUT2D eigenvalue weighted by Gasteiger charge is 2.27. The van der Waals surface area contributed by atoms with Gasteiger partial charge in [0.05, 0.1) is 19.8 Å². The molecule has 0 aromatic heterocycles. The van der Waals surface area contributed by atoms with Gasteiger partial charge in [0.25, 0.3) is 0 Å². The Balaban J connectivity index is 4.09. The summed E-state index contributed by atoms with van der Waals surface area (Å²) in [4.78, 5) is 34.7. The van der Waals surface area contributed by atoms with E-state index in [2.05, 4.69) is 42.7 Å². The SMILES string of the molecule is CCCCCCC/C=C\C/C=C\CCCCCCCCCCCCCC(=O)OC(COC(=O)CCCCCCCC)COP(=O)(O)OCC(O)CO. The highest BCUT2D eigenvalue weighted by atomic mass is 31.2. The van der Waals surface area contributed by atoms with Gasteiger partial charge in [-0.2, -0.15) is 0 Å². The van der Waals surface area contributed by atoms with E-state index in [1.165, 1.54) is 96.3 Å². The van der Waals surface area contributed by atoms with Gasteiger partial charge in [-0.15, -0.1) is 0 Å². The Hall–Kier alpha value is -1.55. The number of esters is 2. The number of phosphoric ester groups is 1. The number of phosphoric acid groups is 1. The molecule has 0 fully saturated rings. The maximum atomic E-state index is 12.5. The molecule has 0 rings (SSSR count). The molecule has 306 valence electrons. The molecule has 0 aliphatic carbocycles. The van der Waals surface area contributed by atoms with Crippen molar-refractivity contribution >= 4 is 19.8 Å². The molecule has 0 saturated carbocycles. The topological polar surface area (TPSA) is 149 Å². The highest BCUT2D eigenvalue weighted by Crippen LogP contribution is 2.43. The van der Waals surface area contributed by atoms with Crippen LogP contribution in [0.4, 0.5) is 0 Å². The Morgan fingerprint density at radius 2 is 1.00 bits per heavy atom. The second-order valence-electron chi connectivity index (χ2n) is 14.0. The van der Waals surface area contributed by atoms with Crippen molar-refractivity contribution in [3.63, 3.8) is 0 Å². The number of hydrogen-bond acceptors (Lipinski definition) is 9. The van der Waals surface area contributed by atoms with Gasteiger partial charge in [-0.1, -0.05) is 154 Å². The molecule has 0 aliphatic rings. The summed E-state index contributed by atoms with van der Waals surface area (Å²) in [5.74, 6) is -0.933. The van der Waals surface area contributed by atoms with Crippen LogP contribution in [0.1, 0.15) is 187 Å². The quantitative estimate of drug-likeness (QED) is 0.0239. The zero-order chi connectivity index (χ0) is 38.4. The van der Waals surface area contributed by atoms with Crippen molar-refractivity contribution < 1.29 is 47.8 Å². The van der Waals surface area contributed by atoms with E-state index in [9.17, 15) is 24.2 Å².